The van der Waals surface area contributed by atoms with E-state index in [1.54, 1.807) is 7.11 Å². The highest BCUT2D eigenvalue weighted by Gasteiger charge is 2.42. The molecule has 6 nitrogen and oxygen atoms in total. The summed E-state index contributed by atoms with van der Waals surface area (Å²) in [5.41, 5.74) is 1.58. The predicted octanol–water partition coefficient (Wildman–Crippen LogP) is 2.23. The van der Waals surface area contributed by atoms with Crippen LogP contribution < -0.4 is 5.32 Å². The first-order chi connectivity index (χ1) is 14.1. The summed E-state index contributed by atoms with van der Waals surface area (Å²) in [7, 11) is 3.92. The van der Waals surface area contributed by atoms with Gasteiger partial charge in [0.05, 0.1) is 6.61 Å². The highest BCUT2D eigenvalue weighted by molar-refractivity contribution is 5.74. The summed E-state index contributed by atoms with van der Waals surface area (Å²) in [5, 5.41) is 3.81. The quantitative estimate of drug-likeness (QED) is 0.796. The fourth-order valence-corrected chi connectivity index (χ4v) is 4.89. The van der Waals surface area contributed by atoms with Crippen LogP contribution in [0.1, 0.15) is 30.7 Å². The molecule has 2 aliphatic heterocycles. The van der Waals surface area contributed by atoms with Crippen molar-refractivity contribution in [3.63, 3.8) is 0 Å². The van der Waals surface area contributed by atoms with Gasteiger partial charge in [-0.25, -0.2) is 4.79 Å². The van der Waals surface area contributed by atoms with Crippen molar-refractivity contribution in [3.8, 4) is 0 Å². The van der Waals surface area contributed by atoms with Crippen molar-refractivity contribution in [1.29, 1.82) is 0 Å². The molecule has 1 N–H and O–H groups in total. The maximum atomic E-state index is 12.9. The molecular weight excluding hydrogens is 364 g/mol. The van der Waals surface area contributed by atoms with Crippen molar-refractivity contribution in [2.45, 2.75) is 31.2 Å². The Morgan fingerprint density at radius 3 is 2.38 bits per heavy atom. The van der Waals surface area contributed by atoms with Gasteiger partial charge in [-0.05, 0) is 31.9 Å². The predicted molar refractivity (Wildman–Crippen MR) is 115 cm³/mol. The highest BCUT2D eigenvalue weighted by Crippen LogP contribution is 2.42. The molecule has 1 aliphatic carbocycles. The van der Waals surface area contributed by atoms with Crippen LogP contribution in [0.2, 0.25) is 0 Å². The summed E-state index contributed by atoms with van der Waals surface area (Å²) in [6, 6.07) is 11.6. The Bertz CT molecular complexity index is 667. The van der Waals surface area contributed by atoms with Gasteiger partial charge in [-0.1, -0.05) is 30.3 Å². The molecule has 2 saturated heterocycles. The van der Waals surface area contributed by atoms with E-state index in [4.69, 9.17) is 4.74 Å². The minimum absolute atomic E-state index is 0.136. The molecular formula is C23H36N4O2. The van der Waals surface area contributed by atoms with Crippen LogP contribution in [0.25, 0.3) is 0 Å². The number of carbonyl (C=O) groups is 1. The third-order valence-corrected chi connectivity index (χ3v) is 7.08. The van der Waals surface area contributed by atoms with Crippen LogP contribution in [0.3, 0.4) is 0 Å². The monoisotopic (exact) mass is 400 g/mol. The van der Waals surface area contributed by atoms with E-state index in [2.05, 4.69) is 52.5 Å². The molecule has 160 valence electrons. The number of nitrogens with one attached hydrogen (secondary N) is 1. The standard InChI is InChI=1S/C23H36N4O2/c1-25-12-14-27(15-13-25)22(28)26-10-8-23(9-11-26,18-29-2)17-24-21-16-20(21)19-6-4-3-5-7-19/h3-7,20-21,24H,8-18H2,1-2H3/t20-,21-/m0/s1. The zero-order chi connectivity index (χ0) is 20.3. The van der Waals surface area contributed by atoms with E-state index in [0.29, 0.717) is 12.0 Å². The topological polar surface area (TPSA) is 48.1 Å². The van der Waals surface area contributed by atoms with E-state index < -0.39 is 0 Å². The van der Waals surface area contributed by atoms with E-state index in [1.807, 2.05) is 4.90 Å². The third-order valence-electron chi connectivity index (χ3n) is 7.08. The van der Waals surface area contributed by atoms with Gasteiger partial charge in [-0.3, -0.25) is 0 Å². The number of nitrogens with zero attached hydrogens (tertiary/aromatic N) is 3. The largest absolute Gasteiger partial charge is 0.384 e. The Morgan fingerprint density at radius 2 is 1.72 bits per heavy atom. The average Bonchev–Trinajstić information content (AvgIpc) is 3.54. The van der Waals surface area contributed by atoms with Crippen molar-refractivity contribution < 1.29 is 9.53 Å². The number of hydrogen-bond donors (Lipinski definition) is 1. The van der Waals surface area contributed by atoms with Gasteiger partial charge in [0.25, 0.3) is 0 Å². The normalized spacial score (nSPS) is 27.1. The zero-order valence-electron chi connectivity index (χ0n) is 18.0. The van der Waals surface area contributed by atoms with E-state index in [0.717, 1.165) is 65.3 Å². The van der Waals surface area contributed by atoms with Crippen LogP contribution in [0.15, 0.2) is 30.3 Å². The molecule has 2 atom stereocenters. The van der Waals surface area contributed by atoms with Crippen molar-refractivity contribution in [2.24, 2.45) is 5.41 Å². The lowest BCUT2D eigenvalue weighted by molar-refractivity contribution is 0.0237. The molecule has 1 aromatic rings. The number of likely N-dealkylation sites (tertiary alicyclic amines) is 1. The van der Waals surface area contributed by atoms with Crippen LogP contribution in [0.4, 0.5) is 4.79 Å². The molecule has 3 aliphatic rings. The number of amides is 2. The maximum absolute atomic E-state index is 12.9. The molecule has 2 heterocycles. The van der Waals surface area contributed by atoms with Gasteiger partial charge in [0.2, 0.25) is 0 Å². The van der Waals surface area contributed by atoms with E-state index in [9.17, 15) is 4.79 Å². The van der Waals surface area contributed by atoms with Crippen molar-refractivity contribution in [1.82, 2.24) is 20.0 Å². The maximum Gasteiger partial charge on any atom is 0.320 e. The number of ether oxygens (including phenoxy) is 1. The molecule has 0 aromatic heterocycles. The second-order valence-corrected chi connectivity index (χ2v) is 9.23. The summed E-state index contributed by atoms with van der Waals surface area (Å²) in [6.45, 7) is 7.05. The smallest absolute Gasteiger partial charge is 0.320 e. The first-order valence-electron chi connectivity index (χ1n) is 11.1. The van der Waals surface area contributed by atoms with Gasteiger partial charge in [-0.2, -0.15) is 0 Å². The summed E-state index contributed by atoms with van der Waals surface area (Å²) in [4.78, 5) is 19.3. The Kier molecular flexibility index (Phi) is 6.42. The number of piperazine rings is 1. The Morgan fingerprint density at radius 1 is 1.07 bits per heavy atom. The van der Waals surface area contributed by atoms with Gasteiger partial charge >= 0.3 is 6.03 Å². The number of likely N-dealkylation sites (N-methyl/N-ethyl adjacent to an activating group) is 1. The number of urea groups is 1. The molecule has 1 saturated carbocycles. The minimum atomic E-state index is 0.136. The fraction of sp³-hybridized carbons (Fsp3) is 0.696. The number of hydrogen-bond acceptors (Lipinski definition) is 4. The number of piperidine rings is 1. The zero-order valence-corrected chi connectivity index (χ0v) is 18.0. The summed E-state index contributed by atoms with van der Waals surface area (Å²) in [5.74, 6) is 0.648. The lowest BCUT2D eigenvalue weighted by Gasteiger charge is -2.44. The molecule has 29 heavy (non-hydrogen) atoms. The number of carbonyl (C=O) groups excluding carboxylic acids is 1. The number of methoxy groups -OCH3 is 1. The van der Waals surface area contributed by atoms with Crippen LogP contribution in [-0.4, -0.2) is 93.4 Å². The molecule has 1 aromatic carbocycles. The summed E-state index contributed by atoms with van der Waals surface area (Å²) in [6.07, 6.45) is 3.24. The van der Waals surface area contributed by atoms with E-state index in [1.165, 1.54) is 12.0 Å². The van der Waals surface area contributed by atoms with E-state index >= 15 is 0 Å². The molecule has 4 rings (SSSR count). The molecule has 6 heteroatoms. The van der Waals surface area contributed by atoms with E-state index in [-0.39, 0.29) is 11.4 Å². The van der Waals surface area contributed by atoms with Crippen LogP contribution in [-0.2, 0) is 4.74 Å². The SMILES string of the molecule is COCC1(CN[C@H]2C[C@H]2c2ccccc2)CCN(C(=O)N2CCN(C)CC2)CC1. The summed E-state index contributed by atoms with van der Waals surface area (Å²) < 4.78 is 5.61. The fourth-order valence-electron chi connectivity index (χ4n) is 4.89. The molecule has 0 spiro atoms. The average molecular weight is 401 g/mol. The molecule has 3 fully saturated rings. The van der Waals surface area contributed by atoms with Crippen LogP contribution in [0.5, 0.6) is 0 Å². The van der Waals surface area contributed by atoms with Crippen LogP contribution in [0, 0.1) is 5.41 Å². The van der Waals surface area contributed by atoms with Gasteiger partial charge in [0.15, 0.2) is 0 Å². The molecule has 2 amide bonds. The van der Waals surface area contributed by atoms with Crippen molar-refractivity contribution in [2.75, 3.05) is 66.6 Å². The van der Waals surface area contributed by atoms with Crippen molar-refractivity contribution >= 4 is 6.03 Å². The Labute approximate surface area is 175 Å². The van der Waals surface area contributed by atoms with Gasteiger partial charge in [-0.15, -0.1) is 0 Å². The Hall–Kier alpha value is -1.63. The highest BCUT2D eigenvalue weighted by atomic mass is 16.5. The Balaban J connectivity index is 1.27. The molecule has 0 bridgehead atoms. The molecule has 0 radical (unpaired) electrons. The van der Waals surface area contributed by atoms with Gasteiger partial charge in [0, 0.05) is 70.3 Å². The number of benzene rings is 1. The lowest BCUT2D eigenvalue weighted by atomic mass is 9.79. The van der Waals surface area contributed by atoms with Gasteiger partial charge < -0.3 is 24.8 Å². The number of rotatable bonds is 6. The summed E-state index contributed by atoms with van der Waals surface area (Å²) >= 11 is 0. The minimum Gasteiger partial charge on any atom is -0.384 e. The van der Waals surface area contributed by atoms with Crippen molar-refractivity contribution in [3.05, 3.63) is 35.9 Å². The first-order valence-corrected chi connectivity index (χ1v) is 11.1. The second kappa shape index (κ2) is 9.02. The van der Waals surface area contributed by atoms with Crippen LogP contribution >= 0.6 is 0 Å². The molecule has 0 unspecified atom stereocenters. The lowest BCUT2D eigenvalue weighted by Crippen LogP contribution is -2.55. The first kappa shape index (κ1) is 20.6. The second-order valence-electron chi connectivity index (χ2n) is 9.23. The third kappa shape index (κ3) is 4.93. The van der Waals surface area contributed by atoms with Gasteiger partial charge in [0.1, 0.15) is 0 Å².